The lowest BCUT2D eigenvalue weighted by Gasteiger charge is -2.13. The minimum Gasteiger partial charge on any atom is -0.504 e. The van der Waals surface area contributed by atoms with Crippen LogP contribution in [0, 0.1) is 11.3 Å². The van der Waals surface area contributed by atoms with Crippen LogP contribution in [0.2, 0.25) is 5.02 Å². The summed E-state index contributed by atoms with van der Waals surface area (Å²) in [7, 11) is -4.73. The fraction of sp³-hybridized carbons (Fsp3) is 0.333. The normalized spacial score (nSPS) is 12.3. The molecule has 1 amide bonds. The molecule has 0 fully saturated rings. The second-order valence-electron chi connectivity index (χ2n) is 4.46. The van der Waals surface area contributed by atoms with Gasteiger partial charge in [-0.15, -0.1) is 0 Å². The zero-order valence-corrected chi connectivity index (χ0v) is 13.3. The number of benzene rings is 1. The summed E-state index contributed by atoms with van der Waals surface area (Å²) in [5.74, 6) is -0.886. The summed E-state index contributed by atoms with van der Waals surface area (Å²) < 4.78 is 36.0. The molecule has 0 aliphatic carbocycles. The Morgan fingerprint density at radius 1 is 1.52 bits per heavy atom. The van der Waals surface area contributed by atoms with E-state index < -0.39 is 32.9 Å². The number of nitriles is 1. The Kier molecular flexibility index (Phi) is 6.59. The largest absolute Gasteiger partial charge is 0.504 e. The number of ether oxygens (including phenoxy) is 1. The summed E-state index contributed by atoms with van der Waals surface area (Å²) in [5, 5.41) is 20.1. The molecule has 0 bridgehead atoms. The summed E-state index contributed by atoms with van der Waals surface area (Å²) in [6.07, 6.45) is -0.478. The molecule has 0 aliphatic heterocycles. The van der Waals surface area contributed by atoms with Crippen molar-refractivity contribution in [3.63, 3.8) is 0 Å². The van der Waals surface area contributed by atoms with E-state index in [4.69, 9.17) is 31.9 Å². The van der Waals surface area contributed by atoms with Gasteiger partial charge >= 0.3 is 6.09 Å². The number of halogens is 1. The number of nitrogens with one attached hydrogen (secondary N) is 1. The molecule has 0 unspecified atom stereocenters. The molecule has 1 aromatic carbocycles. The van der Waals surface area contributed by atoms with E-state index in [2.05, 4.69) is 5.32 Å². The summed E-state index contributed by atoms with van der Waals surface area (Å²) >= 11 is 5.67. The Morgan fingerprint density at radius 3 is 2.74 bits per heavy atom. The number of hydrogen-bond acceptors (Lipinski definition) is 7. The van der Waals surface area contributed by atoms with Gasteiger partial charge in [0.05, 0.1) is 11.8 Å². The molecule has 1 rings (SSSR count). The third-order valence-electron chi connectivity index (χ3n) is 2.61. The summed E-state index contributed by atoms with van der Waals surface area (Å²) in [6, 6.07) is 3.25. The van der Waals surface area contributed by atoms with E-state index in [0.717, 1.165) is 12.1 Å². The quantitative estimate of drug-likeness (QED) is 0.436. The van der Waals surface area contributed by atoms with E-state index in [9.17, 15) is 18.3 Å². The number of phenolic OH excluding ortho intramolecular Hbond substituents is 1. The Hall–Kier alpha value is -2.06. The van der Waals surface area contributed by atoms with Gasteiger partial charge < -0.3 is 15.6 Å². The molecule has 0 spiro atoms. The lowest BCUT2D eigenvalue weighted by molar-refractivity contribution is 0.152. The van der Waals surface area contributed by atoms with Crippen molar-refractivity contribution >= 4 is 33.5 Å². The van der Waals surface area contributed by atoms with Crippen LogP contribution in [0.1, 0.15) is 12.8 Å². The minimum absolute atomic E-state index is 0.142. The highest BCUT2D eigenvalue weighted by Crippen LogP contribution is 2.34. The van der Waals surface area contributed by atoms with Gasteiger partial charge in [-0.25, -0.2) is 4.79 Å². The smallest absolute Gasteiger partial charge is 0.411 e. The number of carbonyl (C=O) groups is 1. The Labute approximate surface area is 137 Å². The van der Waals surface area contributed by atoms with E-state index in [1.54, 1.807) is 0 Å². The lowest BCUT2D eigenvalue weighted by atomic mass is 10.2. The first-order valence-corrected chi connectivity index (χ1v) is 8.03. The fourth-order valence-electron chi connectivity index (χ4n) is 1.53. The Balaban J connectivity index is 2.80. The molecule has 0 saturated heterocycles. The number of nitrogens with two attached hydrogens (primary N) is 1. The van der Waals surface area contributed by atoms with Crippen LogP contribution in [0.15, 0.2) is 17.0 Å². The van der Waals surface area contributed by atoms with E-state index in [0.29, 0.717) is 6.42 Å². The summed E-state index contributed by atoms with van der Waals surface area (Å²) in [4.78, 5) is 10.7. The molecular formula is C12H14ClN3O6S. The summed E-state index contributed by atoms with van der Waals surface area (Å²) in [6.45, 7) is -0.181. The molecule has 0 heterocycles. The van der Waals surface area contributed by atoms with Crippen molar-refractivity contribution in [2.45, 2.75) is 23.8 Å². The molecule has 126 valence electrons. The average Bonchev–Trinajstić information content (AvgIpc) is 2.45. The maximum absolute atomic E-state index is 11.6. The monoisotopic (exact) mass is 363 g/mol. The van der Waals surface area contributed by atoms with E-state index in [1.807, 2.05) is 6.07 Å². The first-order valence-electron chi connectivity index (χ1n) is 6.21. The SMILES string of the molecule is N#CCC[C@@H](N)COC(=O)Nc1cc(Cl)cc(S(=O)(=O)O)c1O. The van der Waals surface area contributed by atoms with Crippen molar-refractivity contribution in [2.75, 3.05) is 11.9 Å². The van der Waals surface area contributed by atoms with E-state index >= 15 is 0 Å². The molecule has 0 saturated carbocycles. The van der Waals surface area contributed by atoms with Gasteiger partial charge in [0.2, 0.25) is 0 Å². The van der Waals surface area contributed by atoms with Crippen molar-refractivity contribution in [2.24, 2.45) is 5.73 Å². The third-order valence-corrected chi connectivity index (χ3v) is 3.70. The van der Waals surface area contributed by atoms with Gasteiger partial charge in [0.1, 0.15) is 11.5 Å². The molecule has 1 aromatic rings. The van der Waals surface area contributed by atoms with Gasteiger partial charge in [-0.1, -0.05) is 11.6 Å². The van der Waals surface area contributed by atoms with Crippen LogP contribution < -0.4 is 11.1 Å². The number of aromatic hydroxyl groups is 1. The first-order chi connectivity index (χ1) is 10.6. The van der Waals surface area contributed by atoms with Crippen molar-refractivity contribution in [3.8, 4) is 11.8 Å². The molecule has 0 aliphatic rings. The van der Waals surface area contributed by atoms with Crippen molar-refractivity contribution in [3.05, 3.63) is 17.2 Å². The molecule has 1 atom stereocenters. The number of phenols is 1. The standard InChI is InChI=1S/C12H14ClN3O6S/c13-7-4-9(11(17)10(5-7)23(19,20)21)16-12(18)22-6-8(15)2-1-3-14/h4-5,8,17H,1-2,6,15H2,(H,16,18)(H,19,20,21)/t8-/m1/s1. The molecule has 0 radical (unpaired) electrons. The van der Waals surface area contributed by atoms with Crippen molar-refractivity contribution < 1.29 is 27.6 Å². The number of hydrogen-bond donors (Lipinski definition) is 4. The zero-order valence-electron chi connectivity index (χ0n) is 11.7. The van der Waals surface area contributed by atoms with E-state index in [1.165, 1.54) is 0 Å². The van der Waals surface area contributed by atoms with Gasteiger partial charge in [-0.2, -0.15) is 13.7 Å². The predicted octanol–water partition coefficient (Wildman–Crippen LogP) is 1.47. The van der Waals surface area contributed by atoms with Crippen LogP contribution in [0.5, 0.6) is 5.75 Å². The van der Waals surface area contributed by atoms with Gasteiger partial charge in [0.25, 0.3) is 10.1 Å². The molecule has 5 N–H and O–H groups in total. The molecule has 9 nitrogen and oxygen atoms in total. The van der Waals surface area contributed by atoms with Crippen LogP contribution in [0.3, 0.4) is 0 Å². The average molecular weight is 364 g/mol. The number of nitrogens with zero attached hydrogens (tertiary/aromatic N) is 1. The highest BCUT2D eigenvalue weighted by molar-refractivity contribution is 7.86. The Morgan fingerprint density at radius 2 is 2.17 bits per heavy atom. The number of rotatable bonds is 6. The maximum Gasteiger partial charge on any atom is 0.411 e. The van der Waals surface area contributed by atoms with Crippen LogP contribution >= 0.6 is 11.6 Å². The van der Waals surface area contributed by atoms with Gasteiger partial charge in [0.15, 0.2) is 5.75 Å². The highest BCUT2D eigenvalue weighted by Gasteiger charge is 2.21. The number of anilines is 1. The molecular weight excluding hydrogens is 350 g/mol. The second-order valence-corrected chi connectivity index (χ2v) is 6.28. The van der Waals surface area contributed by atoms with Crippen LogP contribution in [-0.2, 0) is 14.9 Å². The van der Waals surface area contributed by atoms with Gasteiger partial charge in [0, 0.05) is 17.5 Å². The molecule has 11 heteroatoms. The van der Waals surface area contributed by atoms with Crippen LogP contribution in [0.4, 0.5) is 10.5 Å². The molecule has 23 heavy (non-hydrogen) atoms. The molecule has 0 aromatic heterocycles. The minimum atomic E-state index is -4.73. The maximum atomic E-state index is 11.6. The fourth-order valence-corrected chi connectivity index (χ4v) is 2.44. The van der Waals surface area contributed by atoms with Gasteiger partial charge in [-0.3, -0.25) is 9.87 Å². The number of carbonyl (C=O) groups excluding carboxylic acids is 1. The van der Waals surface area contributed by atoms with E-state index in [-0.39, 0.29) is 23.7 Å². The lowest BCUT2D eigenvalue weighted by Crippen LogP contribution is -2.29. The first kappa shape index (κ1) is 19.0. The van der Waals surface area contributed by atoms with Crippen molar-refractivity contribution in [1.29, 1.82) is 5.26 Å². The van der Waals surface area contributed by atoms with Crippen molar-refractivity contribution in [1.82, 2.24) is 0 Å². The zero-order chi connectivity index (χ0) is 17.6. The van der Waals surface area contributed by atoms with Crippen LogP contribution in [0.25, 0.3) is 0 Å². The predicted molar refractivity (Wildman–Crippen MR) is 80.7 cm³/mol. The summed E-state index contributed by atoms with van der Waals surface area (Å²) in [5.41, 5.74) is 5.24. The van der Waals surface area contributed by atoms with Gasteiger partial charge in [-0.05, 0) is 18.6 Å². The highest BCUT2D eigenvalue weighted by atomic mass is 35.5. The van der Waals surface area contributed by atoms with Crippen LogP contribution in [-0.4, -0.2) is 36.8 Å². The third kappa shape index (κ3) is 5.91. The second kappa shape index (κ2) is 7.98. The topological polar surface area (TPSA) is 163 Å². The number of amides is 1. The Bertz CT molecular complexity index is 731.